The summed E-state index contributed by atoms with van der Waals surface area (Å²) in [6.45, 7) is 4.06. The largest absolute Gasteiger partial charge is 0.349 e. The predicted molar refractivity (Wildman–Crippen MR) is 109 cm³/mol. The first-order chi connectivity index (χ1) is 13.5. The molecule has 3 amide bonds. The van der Waals surface area contributed by atoms with Crippen molar-refractivity contribution in [2.45, 2.75) is 32.7 Å². The Hall–Kier alpha value is -3.15. The summed E-state index contributed by atoms with van der Waals surface area (Å²) < 4.78 is 0. The summed E-state index contributed by atoms with van der Waals surface area (Å²) in [5.41, 5.74) is 2.32. The molecule has 1 unspecified atom stereocenters. The first-order valence-electron chi connectivity index (χ1n) is 9.49. The maximum Gasteiger partial charge on any atom is 0.244 e. The second-order valence-electron chi connectivity index (χ2n) is 7.25. The SMILES string of the molecule is CC(C)C(NC(=O)CCC(=O)N1CC(=O)Nc2ccccc21)c1ccccc1. The van der Waals surface area contributed by atoms with Crippen molar-refractivity contribution in [3.05, 3.63) is 60.2 Å². The Morgan fingerprint density at radius 3 is 2.43 bits per heavy atom. The van der Waals surface area contributed by atoms with Gasteiger partial charge in [-0.05, 0) is 23.6 Å². The maximum atomic E-state index is 12.7. The number of carbonyl (C=O) groups excluding carboxylic acids is 3. The molecule has 1 aliphatic heterocycles. The van der Waals surface area contributed by atoms with Crippen molar-refractivity contribution in [2.24, 2.45) is 5.92 Å². The molecule has 0 aliphatic carbocycles. The molecule has 0 radical (unpaired) electrons. The molecule has 6 heteroatoms. The third-order valence-electron chi connectivity index (χ3n) is 4.78. The average molecular weight is 379 g/mol. The first-order valence-corrected chi connectivity index (χ1v) is 9.49. The number of anilines is 2. The summed E-state index contributed by atoms with van der Waals surface area (Å²) in [4.78, 5) is 38.4. The summed E-state index contributed by atoms with van der Waals surface area (Å²) in [7, 11) is 0. The van der Waals surface area contributed by atoms with E-state index in [-0.39, 0.29) is 49.1 Å². The highest BCUT2D eigenvalue weighted by Gasteiger charge is 2.27. The van der Waals surface area contributed by atoms with Crippen molar-refractivity contribution in [2.75, 3.05) is 16.8 Å². The molecular formula is C22H25N3O3. The van der Waals surface area contributed by atoms with Crippen LogP contribution in [0.3, 0.4) is 0 Å². The van der Waals surface area contributed by atoms with E-state index in [0.717, 1.165) is 5.56 Å². The molecule has 1 atom stereocenters. The fraction of sp³-hybridized carbons (Fsp3) is 0.318. The van der Waals surface area contributed by atoms with Crippen LogP contribution in [0.15, 0.2) is 54.6 Å². The van der Waals surface area contributed by atoms with Crippen LogP contribution in [0.4, 0.5) is 11.4 Å². The van der Waals surface area contributed by atoms with Crippen LogP contribution < -0.4 is 15.5 Å². The Balaban J connectivity index is 1.61. The normalized spacial score (nSPS) is 14.2. The lowest BCUT2D eigenvalue weighted by Crippen LogP contribution is -2.42. The lowest BCUT2D eigenvalue weighted by Gasteiger charge is -2.29. The number of carbonyl (C=O) groups is 3. The van der Waals surface area contributed by atoms with E-state index in [0.29, 0.717) is 11.4 Å². The summed E-state index contributed by atoms with van der Waals surface area (Å²) in [5.74, 6) is -0.427. The van der Waals surface area contributed by atoms with Gasteiger partial charge in [0.2, 0.25) is 17.7 Å². The van der Waals surface area contributed by atoms with E-state index in [1.807, 2.05) is 50.2 Å². The molecule has 146 valence electrons. The van der Waals surface area contributed by atoms with Gasteiger partial charge in [-0.1, -0.05) is 56.3 Å². The standard InChI is InChI=1S/C22H25N3O3/c1-15(2)22(16-8-4-3-5-9-16)24-19(26)12-13-21(28)25-14-20(27)23-17-10-6-7-11-18(17)25/h3-11,15,22H,12-14H2,1-2H3,(H,23,27)(H,24,26). The Bertz CT molecular complexity index is 864. The fourth-order valence-electron chi connectivity index (χ4n) is 3.35. The zero-order valence-electron chi connectivity index (χ0n) is 16.1. The maximum absolute atomic E-state index is 12.7. The van der Waals surface area contributed by atoms with Crippen LogP contribution in [0.1, 0.15) is 38.3 Å². The molecule has 1 aliphatic rings. The molecular weight excluding hydrogens is 354 g/mol. The number of fused-ring (bicyclic) bond motifs is 1. The smallest absolute Gasteiger partial charge is 0.244 e. The lowest BCUT2D eigenvalue weighted by molar-refractivity contribution is -0.126. The van der Waals surface area contributed by atoms with Gasteiger partial charge in [0, 0.05) is 12.8 Å². The van der Waals surface area contributed by atoms with Gasteiger partial charge in [0.15, 0.2) is 0 Å². The van der Waals surface area contributed by atoms with Gasteiger partial charge in [-0.3, -0.25) is 14.4 Å². The molecule has 0 bridgehead atoms. The zero-order chi connectivity index (χ0) is 20.1. The van der Waals surface area contributed by atoms with Gasteiger partial charge in [-0.2, -0.15) is 0 Å². The van der Waals surface area contributed by atoms with Crippen molar-refractivity contribution in [1.82, 2.24) is 5.32 Å². The number of nitrogens with zero attached hydrogens (tertiary/aromatic N) is 1. The Labute approximate surface area is 164 Å². The molecule has 0 saturated carbocycles. The van der Waals surface area contributed by atoms with E-state index in [4.69, 9.17) is 0 Å². The summed E-state index contributed by atoms with van der Waals surface area (Å²) >= 11 is 0. The zero-order valence-corrected chi connectivity index (χ0v) is 16.1. The Morgan fingerprint density at radius 1 is 1.04 bits per heavy atom. The minimum atomic E-state index is -0.238. The van der Waals surface area contributed by atoms with Crippen LogP contribution >= 0.6 is 0 Å². The molecule has 0 saturated heterocycles. The van der Waals surface area contributed by atoms with Gasteiger partial charge in [-0.25, -0.2) is 0 Å². The molecule has 2 N–H and O–H groups in total. The number of rotatable bonds is 6. The van der Waals surface area contributed by atoms with E-state index >= 15 is 0 Å². The van der Waals surface area contributed by atoms with Gasteiger partial charge in [0.1, 0.15) is 6.54 Å². The monoisotopic (exact) mass is 379 g/mol. The second-order valence-corrected chi connectivity index (χ2v) is 7.25. The number of benzene rings is 2. The Morgan fingerprint density at radius 2 is 1.71 bits per heavy atom. The summed E-state index contributed by atoms with van der Waals surface area (Å²) in [6.07, 6.45) is 0.127. The highest BCUT2D eigenvalue weighted by atomic mass is 16.2. The van der Waals surface area contributed by atoms with Crippen molar-refractivity contribution >= 4 is 29.1 Å². The van der Waals surface area contributed by atoms with E-state index in [2.05, 4.69) is 10.6 Å². The fourth-order valence-corrected chi connectivity index (χ4v) is 3.35. The van der Waals surface area contributed by atoms with Crippen LogP contribution in [-0.2, 0) is 14.4 Å². The lowest BCUT2D eigenvalue weighted by atomic mass is 9.96. The van der Waals surface area contributed by atoms with E-state index < -0.39 is 0 Å². The molecule has 0 aromatic heterocycles. The first kappa shape index (κ1) is 19.6. The van der Waals surface area contributed by atoms with E-state index in [1.54, 1.807) is 18.2 Å². The Kier molecular flexibility index (Phi) is 6.09. The van der Waals surface area contributed by atoms with Crippen LogP contribution in [0, 0.1) is 5.92 Å². The quantitative estimate of drug-likeness (QED) is 0.809. The summed E-state index contributed by atoms with van der Waals surface area (Å²) in [5, 5.41) is 5.78. The number of nitrogens with one attached hydrogen (secondary N) is 2. The average Bonchev–Trinajstić information content (AvgIpc) is 2.70. The molecule has 0 spiro atoms. The highest BCUT2D eigenvalue weighted by Crippen LogP contribution is 2.29. The minimum Gasteiger partial charge on any atom is -0.349 e. The van der Waals surface area contributed by atoms with Crippen molar-refractivity contribution in [1.29, 1.82) is 0 Å². The van der Waals surface area contributed by atoms with Crippen LogP contribution in [0.5, 0.6) is 0 Å². The molecule has 28 heavy (non-hydrogen) atoms. The van der Waals surface area contributed by atoms with Crippen LogP contribution in [-0.4, -0.2) is 24.3 Å². The molecule has 6 nitrogen and oxygen atoms in total. The van der Waals surface area contributed by atoms with Gasteiger partial charge in [0.25, 0.3) is 0 Å². The molecule has 0 fully saturated rings. The van der Waals surface area contributed by atoms with Gasteiger partial charge in [-0.15, -0.1) is 0 Å². The van der Waals surface area contributed by atoms with Crippen LogP contribution in [0.25, 0.3) is 0 Å². The number of hydrogen-bond acceptors (Lipinski definition) is 3. The van der Waals surface area contributed by atoms with E-state index in [1.165, 1.54) is 4.90 Å². The van der Waals surface area contributed by atoms with E-state index in [9.17, 15) is 14.4 Å². The van der Waals surface area contributed by atoms with Gasteiger partial charge < -0.3 is 15.5 Å². The number of hydrogen-bond donors (Lipinski definition) is 2. The van der Waals surface area contributed by atoms with Crippen LogP contribution in [0.2, 0.25) is 0 Å². The van der Waals surface area contributed by atoms with Crippen molar-refractivity contribution < 1.29 is 14.4 Å². The predicted octanol–water partition coefficient (Wildman–Crippen LogP) is 3.27. The highest BCUT2D eigenvalue weighted by molar-refractivity contribution is 6.10. The third kappa shape index (κ3) is 4.57. The number of amides is 3. The summed E-state index contributed by atoms with van der Waals surface area (Å²) in [6, 6.07) is 16.9. The minimum absolute atomic E-state index is 0.0316. The number of para-hydroxylation sites is 2. The third-order valence-corrected chi connectivity index (χ3v) is 4.78. The van der Waals surface area contributed by atoms with Crippen molar-refractivity contribution in [3.8, 4) is 0 Å². The second kappa shape index (κ2) is 8.69. The topological polar surface area (TPSA) is 78.5 Å². The van der Waals surface area contributed by atoms with Gasteiger partial charge >= 0.3 is 0 Å². The van der Waals surface area contributed by atoms with Gasteiger partial charge in [0.05, 0.1) is 17.4 Å². The molecule has 1 heterocycles. The van der Waals surface area contributed by atoms with Crippen molar-refractivity contribution in [3.63, 3.8) is 0 Å². The molecule has 2 aromatic carbocycles. The molecule has 3 rings (SSSR count). The molecule has 2 aromatic rings.